The summed E-state index contributed by atoms with van der Waals surface area (Å²) in [6, 6.07) is 136. The van der Waals surface area contributed by atoms with Gasteiger partial charge >= 0.3 is 12.2 Å². The summed E-state index contributed by atoms with van der Waals surface area (Å²) in [5.74, 6) is 0.304. The van der Waals surface area contributed by atoms with E-state index < -0.39 is 54.1 Å². The summed E-state index contributed by atoms with van der Waals surface area (Å²) in [4.78, 5) is 38.7. The van der Waals surface area contributed by atoms with E-state index >= 15 is 0 Å². The Morgan fingerprint density at radius 3 is 0.661 bits per heavy atom. The van der Waals surface area contributed by atoms with Crippen LogP contribution in [0.3, 0.4) is 0 Å². The molecule has 0 spiro atoms. The Balaban J connectivity index is 0.000000165. The Morgan fingerprint density at radius 1 is 0.331 bits per heavy atom. The van der Waals surface area contributed by atoms with Crippen LogP contribution in [0.1, 0.15) is 85.8 Å². The van der Waals surface area contributed by atoms with Gasteiger partial charge in [0.05, 0.1) is 11.2 Å². The number of hydrogen-bond acceptors (Lipinski definition) is 8. The summed E-state index contributed by atoms with van der Waals surface area (Å²) >= 11 is 3.28. The van der Waals surface area contributed by atoms with Crippen LogP contribution in [0.4, 0.5) is 15.4 Å². The molecular weight excluding hydrogens is 1730 g/mol. The van der Waals surface area contributed by atoms with E-state index in [0.717, 1.165) is 10.2 Å². The summed E-state index contributed by atoms with van der Waals surface area (Å²) in [5, 5.41) is 38.3. The number of nitrogens with zero attached hydrogens (tertiary/aromatic N) is 5. The van der Waals surface area contributed by atoms with Crippen LogP contribution in [0.5, 0.6) is 0 Å². The topological polar surface area (TPSA) is 130 Å². The number of hydrogen-bond donors (Lipinski definition) is 2. The van der Waals surface area contributed by atoms with Crippen LogP contribution in [-0.4, -0.2) is 79.5 Å². The molecule has 4 heterocycles. The average Bonchev–Trinajstić information content (AvgIpc) is 0.759. The van der Waals surface area contributed by atoms with E-state index in [1.165, 1.54) is 69.9 Å². The molecule has 14 aromatic rings. The van der Waals surface area contributed by atoms with Crippen LogP contribution in [0.25, 0.3) is 4.85 Å². The average molecular weight is 1830 g/mol. The van der Waals surface area contributed by atoms with Crippen molar-refractivity contribution in [1.82, 2.24) is 19.8 Å². The Labute approximate surface area is 744 Å². The first-order chi connectivity index (χ1) is 57.7. The van der Waals surface area contributed by atoms with Gasteiger partial charge in [-0.05, 0) is 191 Å². The second-order valence-corrected chi connectivity index (χ2v) is 39.9. The minimum Gasteiger partial charge on any atom is -0.444 e. The van der Waals surface area contributed by atoms with Gasteiger partial charge in [-0.15, -0.1) is 4.98 Å². The number of benzene rings is 12. The van der Waals surface area contributed by atoms with Crippen molar-refractivity contribution in [3.8, 4) is 0 Å². The number of aliphatic hydroxyl groups is 2. The maximum atomic E-state index is 12.0. The van der Waals surface area contributed by atoms with Gasteiger partial charge in [-0.25, -0.2) is 14.6 Å². The van der Waals surface area contributed by atoms with Crippen LogP contribution in [-0.2, 0) is 41.1 Å². The fourth-order valence-electron chi connectivity index (χ4n) is 13.4. The van der Waals surface area contributed by atoms with Gasteiger partial charge in [-0.3, -0.25) is 0 Å². The molecule has 17 heteroatoms. The number of amides is 2. The van der Waals surface area contributed by atoms with Crippen molar-refractivity contribution >= 4 is 129 Å². The fourth-order valence-corrected chi connectivity index (χ4v) is 22.9. The summed E-state index contributed by atoms with van der Waals surface area (Å²) in [6.07, 6.45) is 4.35. The van der Waals surface area contributed by atoms with Gasteiger partial charge in [-0.1, -0.05) is 390 Å². The first kappa shape index (κ1) is 94.6. The number of carbonyl (C=O) groups excluding carboxylic acids is 2. The van der Waals surface area contributed by atoms with Crippen LogP contribution in [0, 0.1) is 6.57 Å². The third-order valence-corrected chi connectivity index (χ3v) is 29.6. The molecule has 0 saturated carbocycles. The molecule has 2 aliphatic rings. The Bertz CT molecular complexity index is 4480. The molecule has 0 radical (unpaired) electrons. The standard InChI is InChI=1S/4C18H15P.C16H21N3O3.C15H21BrN2O3.CH4.Pd/c4*1-4-10-16(11-5-1)19(17-12-6-2-7-13-17)18-14-8-3-9-15-18;1-15(2,3)22-14(20)19-9-7-16(21,8-10-19)12-5-6-13(17-4)18-11-12;1-14(2,3)21-13(19)18-8-6-15(20,7-9-18)11-4-5-12(16)17-10-11;;/h4*1-15H;5-6,11,21H,7-10H2,1-3H3;4-5,10,20H,6-9H2,1-3H3;1H4;. The van der Waals surface area contributed by atoms with E-state index in [4.69, 9.17) is 16.0 Å². The van der Waals surface area contributed by atoms with E-state index in [-0.39, 0.29) is 40.0 Å². The molecule has 2 amide bonds. The molecule has 11 nitrogen and oxygen atoms in total. The van der Waals surface area contributed by atoms with Crippen molar-refractivity contribution in [2.24, 2.45) is 0 Å². The van der Waals surface area contributed by atoms with Crippen LogP contribution >= 0.6 is 47.6 Å². The Hall–Kier alpha value is -10.2. The van der Waals surface area contributed by atoms with Gasteiger partial charge in [0.2, 0.25) is 0 Å². The third-order valence-electron chi connectivity index (χ3n) is 19.3. The van der Waals surface area contributed by atoms with Gasteiger partial charge < -0.3 is 34.3 Å². The summed E-state index contributed by atoms with van der Waals surface area (Å²) in [5.41, 5.74) is -1.48. The monoisotopic (exact) mass is 1830 g/mol. The number of rotatable bonds is 14. The van der Waals surface area contributed by atoms with Crippen molar-refractivity contribution < 1.29 is 49.7 Å². The van der Waals surface area contributed by atoms with Crippen molar-refractivity contribution in [2.45, 2.75) is 97.1 Å². The van der Waals surface area contributed by atoms with E-state index in [9.17, 15) is 19.8 Å². The zero-order valence-electron chi connectivity index (χ0n) is 68.5. The van der Waals surface area contributed by atoms with E-state index in [1.54, 1.807) is 28.1 Å². The quantitative estimate of drug-likeness (QED) is 0.0477. The smallest absolute Gasteiger partial charge is 0.410 e. The van der Waals surface area contributed by atoms with Crippen molar-refractivity contribution in [1.29, 1.82) is 0 Å². The SMILES string of the molecule is C.CC(C)(C)OC(=O)N1CCC(O)(c2ccc(Br)nc2)CC1.[C-]#[N+]c1ccc(C2(O)CCN(C(=O)OC(C)(C)C)CC2)cn1.[Pd].c1ccc(P(c2ccccc2)c2ccccc2)cc1.c1ccc(P(c2ccccc2)c2ccccc2)cc1.c1ccc(P(c2ccccc2)c2ccccc2)cc1.c1ccc(P(c2ccccc2)c2ccccc2)cc1. The molecular formula is C104H106BrN5O6P4Pd. The zero-order chi connectivity index (χ0) is 83.7. The van der Waals surface area contributed by atoms with Gasteiger partial charge in [0.15, 0.2) is 0 Å². The molecule has 0 atom stereocenters. The number of pyridine rings is 2. The minimum absolute atomic E-state index is 0. The number of aromatic nitrogens is 2. The van der Waals surface area contributed by atoms with Gasteiger partial charge in [-0.2, -0.15) is 0 Å². The van der Waals surface area contributed by atoms with Gasteiger partial charge in [0.1, 0.15) is 22.0 Å². The molecule has 2 aliphatic heterocycles. The fraction of sp³-hybridized carbons (Fsp3) is 0.183. The number of likely N-dealkylation sites (tertiary alicyclic amines) is 2. The predicted octanol–water partition coefficient (Wildman–Crippen LogP) is 20.3. The molecule has 2 fully saturated rings. The second kappa shape index (κ2) is 47.8. The molecule has 12 aromatic carbocycles. The summed E-state index contributed by atoms with van der Waals surface area (Å²) < 4.78 is 11.4. The van der Waals surface area contributed by atoms with E-state index in [2.05, 4.69) is 395 Å². The first-order valence-corrected chi connectivity index (χ1v) is 46.1. The number of carbonyl (C=O) groups is 2. The molecule has 16 rings (SSSR count). The molecule has 2 aromatic heterocycles. The van der Waals surface area contributed by atoms with Crippen molar-refractivity contribution in [3.05, 3.63) is 428 Å². The van der Waals surface area contributed by atoms with E-state index in [0.29, 0.717) is 63.2 Å². The first-order valence-electron chi connectivity index (χ1n) is 39.9. The Kier molecular flexibility index (Phi) is 37.4. The maximum Gasteiger partial charge on any atom is 0.410 e. The second-order valence-electron chi connectivity index (χ2n) is 30.3. The molecule has 2 N–H and O–H groups in total. The third kappa shape index (κ3) is 29.0. The zero-order valence-corrected chi connectivity index (χ0v) is 75.2. The molecule has 620 valence electrons. The molecule has 0 aliphatic carbocycles. The number of piperidine rings is 2. The van der Waals surface area contributed by atoms with Crippen LogP contribution in [0.2, 0.25) is 0 Å². The predicted molar refractivity (Wildman–Crippen MR) is 512 cm³/mol. The van der Waals surface area contributed by atoms with Crippen molar-refractivity contribution in [3.63, 3.8) is 0 Å². The van der Waals surface area contributed by atoms with Crippen molar-refractivity contribution in [2.75, 3.05) is 26.2 Å². The van der Waals surface area contributed by atoms with Crippen LogP contribution < -0.4 is 63.7 Å². The van der Waals surface area contributed by atoms with Gasteiger partial charge in [0.25, 0.3) is 5.82 Å². The minimum atomic E-state index is -1.01. The molecule has 0 bridgehead atoms. The maximum absolute atomic E-state index is 12.0. The Morgan fingerprint density at radius 2 is 0.512 bits per heavy atom. The largest absolute Gasteiger partial charge is 0.444 e. The molecule has 2 saturated heterocycles. The normalized spacial score (nSPS) is 13.1. The number of halogens is 1. The van der Waals surface area contributed by atoms with Crippen LogP contribution in [0.15, 0.2) is 405 Å². The summed E-state index contributed by atoms with van der Waals surface area (Å²) in [6.45, 7) is 19.7. The number of ether oxygens (including phenoxy) is 2. The molecule has 0 unspecified atom stereocenters. The molecule has 121 heavy (non-hydrogen) atoms. The summed E-state index contributed by atoms with van der Waals surface area (Å²) in [7, 11) is -1.78. The van der Waals surface area contributed by atoms with Gasteiger partial charge in [0, 0.05) is 63.9 Å². The van der Waals surface area contributed by atoms with E-state index in [1.807, 2.05) is 53.7 Å².